The van der Waals surface area contributed by atoms with Crippen LogP contribution in [0.5, 0.6) is 0 Å². The van der Waals surface area contributed by atoms with E-state index in [1.807, 2.05) is 30.5 Å². The van der Waals surface area contributed by atoms with E-state index in [4.69, 9.17) is 4.74 Å². The van der Waals surface area contributed by atoms with Crippen LogP contribution in [0.2, 0.25) is 0 Å². The topological polar surface area (TPSA) is 25.4 Å². The highest BCUT2D eigenvalue weighted by Gasteiger charge is 2.44. The quantitative estimate of drug-likeness (QED) is 0.747. The van der Waals surface area contributed by atoms with Gasteiger partial charge < -0.3 is 4.74 Å². The van der Waals surface area contributed by atoms with Crippen molar-refractivity contribution < 1.29 is 4.74 Å². The van der Waals surface area contributed by atoms with Crippen LogP contribution in [0.1, 0.15) is 11.1 Å². The Morgan fingerprint density at radius 1 is 1.12 bits per heavy atom. The van der Waals surface area contributed by atoms with Gasteiger partial charge in [-0.15, -0.1) is 0 Å². The van der Waals surface area contributed by atoms with Gasteiger partial charge in [-0.05, 0) is 17.7 Å². The minimum absolute atomic E-state index is 0.246. The van der Waals surface area contributed by atoms with Gasteiger partial charge in [-0.25, -0.2) is 0 Å². The van der Waals surface area contributed by atoms with Crippen LogP contribution in [0.15, 0.2) is 60.9 Å². The summed E-state index contributed by atoms with van der Waals surface area (Å²) in [7, 11) is 0. The molecular weight excluding hydrogens is 210 g/mol. The lowest BCUT2D eigenvalue weighted by atomic mass is 10.0. The zero-order valence-corrected chi connectivity index (χ0v) is 9.41. The first-order chi connectivity index (χ1) is 8.39. The van der Waals surface area contributed by atoms with Crippen molar-refractivity contribution in [3.8, 4) is 0 Å². The van der Waals surface area contributed by atoms with Crippen molar-refractivity contribution in [1.29, 1.82) is 0 Å². The summed E-state index contributed by atoms with van der Waals surface area (Å²) in [5, 5.41) is 0. The number of epoxide rings is 1. The summed E-state index contributed by atoms with van der Waals surface area (Å²) >= 11 is 0. The molecule has 3 rings (SSSR count). The maximum absolute atomic E-state index is 5.58. The van der Waals surface area contributed by atoms with Crippen molar-refractivity contribution in [3.05, 3.63) is 72.1 Å². The molecule has 2 heterocycles. The summed E-state index contributed by atoms with van der Waals surface area (Å²) in [5.74, 6) is 0. The van der Waals surface area contributed by atoms with E-state index in [1.165, 1.54) is 5.56 Å². The highest BCUT2D eigenvalue weighted by Crippen LogP contribution is 2.40. The van der Waals surface area contributed by atoms with Crippen LogP contribution in [0.4, 0.5) is 0 Å². The molecule has 0 radical (unpaired) electrons. The molecule has 1 aromatic carbocycles. The Labute approximate surface area is 101 Å². The average molecular weight is 223 g/mol. The lowest BCUT2D eigenvalue weighted by Gasteiger charge is -2.05. The number of benzene rings is 1. The summed E-state index contributed by atoms with van der Waals surface area (Å²) in [6.07, 6.45) is 7.85. The predicted octanol–water partition coefficient (Wildman–Crippen LogP) is 3.02. The summed E-state index contributed by atoms with van der Waals surface area (Å²) in [6.45, 7) is 0.738. The maximum Gasteiger partial charge on any atom is 0.136 e. The lowest BCUT2D eigenvalue weighted by molar-refractivity contribution is 0.357. The third-order valence-corrected chi connectivity index (χ3v) is 2.95. The molecule has 1 saturated heterocycles. The number of ether oxygens (including phenoxy) is 1. The van der Waals surface area contributed by atoms with Crippen LogP contribution in [-0.4, -0.2) is 11.6 Å². The highest BCUT2D eigenvalue weighted by atomic mass is 16.6. The van der Waals surface area contributed by atoms with Gasteiger partial charge in [-0.1, -0.05) is 42.5 Å². The Bertz CT molecular complexity index is 515. The molecule has 2 aromatic rings. The third-order valence-electron chi connectivity index (χ3n) is 2.95. The van der Waals surface area contributed by atoms with Crippen LogP contribution >= 0.6 is 0 Å². The minimum atomic E-state index is -0.246. The monoisotopic (exact) mass is 223 g/mol. The van der Waals surface area contributed by atoms with E-state index in [0.717, 1.165) is 12.2 Å². The smallest absolute Gasteiger partial charge is 0.136 e. The van der Waals surface area contributed by atoms with Gasteiger partial charge >= 0.3 is 0 Å². The molecule has 2 heteroatoms. The number of aromatic nitrogens is 1. The summed E-state index contributed by atoms with van der Waals surface area (Å²) in [4.78, 5) is 4.13. The molecule has 0 spiro atoms. The van der Waals surface area contributed by atoms with Gasteiger partial charge in [0.25, 0.3) is 0 Å². The number of hydrogen-bond acceptors (Lipinski definition) is 2. The van der Waals surface area contributed by atoms with Gasteiger partial charge in [0.1, 0.15) is 5.60 Å². The van der Waals surface area contributed by atoms with Crippen molar-refractivity contribution >= 4 is 6.08 Å². The van der Waals surface area contributed by atoms with Crippen LogP contribution in [-0.2, 0) is 10.3 Å². The van der Waals surface area contributed by atoms with Crippen molar-refractivity contribution in [1.82, 2.24) is 4.98 Å². The molecule has 17 heavy (non-hydrogen) atoms. The fourth-order valence-corrected chi connectivity index (χ4v) is 1.84. The average Bonchev–Trinajstić information content (AvgIpc) is 3.20. The van der Waals surface area contributed by atoms with Crippen molar-refractivity contribution in [2.24, 2.45) is 0 Å². The van der Waals surface area contributed by atoms with Gasteiger partial charge in [0.2, 0.25) is 0 Å². The predicted molar refractivity (Wildman–Crippen MR) is 67.3 cm³/mol. The van der Waals surface area contributed by atoms with E-state index >= 15 is 0 Å². The normalized spacial score (nSPS) is 22.8. The molecule has 0 N–H and O–H groups in total. The van der Waals surface area contributed by atoms with Crippen LogP contribution in [0, 0.1) is 0 Å². The Hall–Kier alpha value is -1.93. The van der Waals surface area contributed by atoms with Gasteiger partial charge in [0, 0.05) is 18.0 Å². The first-order valence-corrected chi connectivity index (χ1v) is 5.68. The molecule has 1 aromatic heterocycles. The molecule has 1 fully saturated rings. The first kappa shape index (κ1) is 10.2. The Balaban J connectivity index is 1.84. The van der Waals surface area contributed by atoms with Crippen LogP contribution < -0.4 is 0 Å². The molecule has 0 bridgehead atoms. The van der Waals surface area contributed by atoms with E-state index in [2.05, 4.69) is 35.3 Å². The summed E-state index contributed by atoms with van der Waals surface area (Å²) in [6, 6.07) is 14.2. The minimum Gasteiger partial charge on any atom is -0.360 e. The molecule has 1 aliphatic rings. The molecule has 1 atom stereocenters. The second kappa shape index (κ2) is 4.15. The Kier molecular flexibility index (Phi) is 2.50. The number of nitrogens with zero attached hydrogens (tertiary/aromatic N) is 1. The molecule has 0 aliphatic carbocycles. The number of hydrogen-bond donors (Lipinski definition) is 0. The first-order valence-electron chi connectivity index (χ1n) is 5.68. The maximum atomic E-state index is 5.58. The molecule has 1 unspecified atom stereocenters. The van der Waals surface area contributed by atoms with E-state index in [-0.39, 0.29) is 5.60 Å². The third kappa shape index (κ3) is 2.12. The van der Waals surface area contributed by atoms with Crippen molar-refractivity contribution in [2.75, 3.05) is 6.61 Å². The second-order valence-electron chi connectivity index (χ2n) is 4.16. The van der Waals surface area contributed by atoms with Gasteiger partial charge in [-0.2, -0.15) is 0 Å². The molecular formula is C15H13NO. The Morgan fingerprint density at radius 2 is 1.94 bits per heavy atom. The molecule has 84 valence electrons. The standard InChI is InChI=1S/C15H13NO/c1-2-5-13(6-3-1)8-9-15(12-17-15)14-7-4-10-16-11-14/h1-11H,12H2. The fourth-order valence-electron chi connectivity index (χ4n) is 1.84. The second-order valence-corrected chi connectivity index (χ2v) is 4.16. The zero-order valence-electron chi connectivity index (χ0n) is 9.41. The molecule has 0 amide bonds. The Morgan fingerprint density at radius 3 is 2.59 bits per heavy atom. The van der Waals surface area contributed by atoms with Crippen LogP contribution in [0.3, 0.4) is 0 Å². The van der Waals surface area contributed by atoms with Crippen molar-refractivity contribution in [3.63, 3.8) is 0 Å². The highest BCUT2D eigenvalue weighted by molar-refractivity contribution is 5.52. The lowest BCUT2D eigenvalue weighted by Crippen LogP contribution is -2.04. The molecule has 0 saturated carbocycles. The van der Waals surface area contributed by atoms with Crippen molar-refractivity contribution in [2.45, 2.75) is 5.60 Å². The van der Waals surface area contributed by atoms with Gasteiger partial charge in [-0.3, -0.25) is 4.98 Å². The zero-order chi connectivity index (χ0) is 11.6. The van der Waals surface area contributed by atoms with Crippen LogP contribution in [0.25, 0.3) is 6.08 Å². The van der Waals surface area contributed by atoms with E-state index in [1.54, 1.807) is 6.20 Å². The van der Waals surface area contributed by atoms with E-state index in [9.17, 15) is 0 Å². The molecule has 2 nitrogen and oxygen atoms in total. The fraction of sp³-hybridized carbons (Fsp3) is 0.133. The van der Waals surface area contributed by atoms with Gasteiger partial charge in [0.15, 0.2) is 0 Å². The van der Waals surface area contributed by atoms with Gasteiger partial charge in [0.05, 0.1) is 6.61 Å². The largest absolute Gasteiger partial charge is 0.360 e. The SMILES string of the molecule is C(=CC1(c2cccnc2)CO1)c1ccccc1. The number of pyridine rings is 1. The summed E-state index contributed by atoms with van der Waals surface area (Å²) in [5.41, 5.74) is 2.06. The molecule has 1 aliphatic heterocycles. The summed E-state index contributed by atoms with van der Waals surface area (Å²) < 4.78 is 5.58. The van der Waals surface area contributed by atoms with E-state index < -0.39 is 0 Å². The van der Waals surface area contributed by atoms with E-state index in [0.29, 0.717) is 0 Å². The number of rotatable bonds is 3.